The lowest BCUT2D eigenvalue weighted by Crippen LogP contribution is -2.29. The maximum Gasteiger partial charge on any atom is 0.242 e. The fraction of sp³-hybridized carbons (Fsp3) is 0.364. The summed E-state index contributed by atoms with van der Waals surface area (Å²) in [5, 5.41) is 5.57. The maximum absolute atomic E-state index is 13.2. The van der Waals surface area contributed by atoms with Crippen molar-refractivity contribution in [2.75, 3.05) is 11.9 Å². The maximum atomic E-state index is 13.2. The van der Waals surface area contributed by atoms with E-state index in [2.05, 4.69) is 10.6 Å². The predicted molar refractivity (Wildman–Crippen MR) is 56.1 cm³/mol. The van der Waals surface area contributed by atoms with Gasteiger partial charge in [-0.1, -0.05) is 0 Å². The minimum Gasteiger partial charge on any atom is -0.373 e. The molecule has 1 unspecified atom stereocenters. The number of rotatable bonds is 2. The highest BCUT2D eigenvalue weighted by molar-refractivity contribution is 5.86. The van der Waals surface area contributed by atoms with E-state index >= 15 is 0 Å². The zero-order valence-corrected chi connectivity index (χ0v) is 8.81. The second-order valence-corrected chi connectivity index (χ2v) is 3.81. The normalized spacial score (nSPS) is 19.7. The van der Waals surface area contributed by atoms with Gasteiger partial charge in [-0.05, 0) is 25.5 Å². The molecule has 16 heavy (non-hydrogen) atoms. The molecule has 0 bridgehead atoms. The first kappa shape index (κ1) is 10.9. The highest BCUT2D eigenvalue weighted by Crippen LogP contribution is 2.22. The molecule has 1 aliphatic rings. The third-order valence-corrected chi connectivity index (χ3v) is 2.72. The van der Waals surface area contributed by atoms with E-state index in [9.17, 15) is 13.6 Å². The number of anilines is 1. The van der Waals surface area contributed by atoms with Gasteiger partial charge in [0.15, 0.2) is 11.6 Å². The van der Waals surface area contributed by atoms with Gasteiger partial charge >= 0.3 is 0 Å². The zero-order chi connectivity index (χ0) is 11.7. The number of halogens is 2. The van der Waals surface area contributed by atoms with E-state index in [0.717, 1.165) is 6.07 Å². The average Bonchev–Trinajstić information content (AvgIpc) is 2.65. The monoisotopic (exact) mass is 226 g/mol. The minimum absolute atomic E-state index is 0.107. The van der Waals surface area contributed by atoms with Gasteiger partial charge < -0.3 is 10.6 Å². The lowest BCUT2D eigenvalue weighted by Gasteiger charge is -2.14. The van der Waals surface area contributed by atoms with Gasteiger partial charge in [-0.3, -0.25) is 4.79 Å². The van der Waals surface area contributed by atoms with Crippen molar-refractivity contribution in [3.05, 3.63) is 29.3 Å². The van der Waals surface area contributed by atoms with Crippen molar-refractivity contribution >= 4 is 11.6 Å². The number of carbonyl (C=O) groups is 1. The molecule has 1 fully saturated rings. The van der Waals surface area contributed by atoms with Crippen LogP contribution in [0.25, 0.3) is 0 Å². The van der Waals surface area contributed by atoms with Crippen LogP contribution in [0.2, 0.25) is 0 Å². The molecule has 1 aromatic carbocycles. The molecule has 3 nitrogen and oxygen atoms in total. The summed E-state index contributed by atoms with van der Waals surface area (Å²) in [6.07, 6.45) is 0.650. The molecular weight excluding hydrogens is 214 g/mol. The van der Waals surface area contributed by atoms with Crippen LogP contribution in [-0.4, -0.2) is 18.5 Å². The Balaban J connectivity index is 2.22. The average molecular weight is 226 g/mol. The summed E-state index contributed by atoms with van der Waals surface area (Å²) in [7, 11) is 0. The molecule has 86 valence electrons. The van der Waals surface area contributed by atoms with Crippen LogP contribution in [0.4, 0.5) is 14.5 Å². The Morgan fingerprint density at radius 1 is 1.44 bits per heavy atom. The van der Waals surface area contributed by atoms with Crippen molar-refractivity contribution in [3.63, 3.8) is 0 Å². The molecule has 1 aromatic rings. The smallest absolute Gasteiger partial charge is 0.242 e. The first-order valence-corrected chi connectivity index (χ1v) is 5.08. The topological polar surface area (TPSA) is 41.1 Å². The van der Waals surface area contributed by atoms with Crippen molar-refractivity contribution < 1.29 is 13.6 Å². The Bertz CT molecular complexity index is 434. The Kier molecular flexibility index (Phi) is 2.77. The minimum atomic E-state index is -0.876. The lowest BCUT2D eigenvalue weighted by atomic mass is 10.1. The summed E-state index contributed by atoms with van der Waals surface area (Å²) in [6, 6.07) is 2.14. The van der Waals surface area contributed by atoms with Gasteiger partial charge in [0.2, 0.25) is 5.91 Å². The van der Waals surface area contributed by atoms with Crippen molar-refractivity contribution in [2.24, 2.45) is 0 Å². The lowest BCUT2D eigenvalue weighted by molar-refractivity contribution is -0.119. The van der Waals surface area contributed by atoms with Crippen LogP contribution >= 0.6 is 0 Å². The number of nitrogens with one attached hydrogen (secondary N) is 2. The third-order valence-electron chi connectivity index (χ3n) is 2.72. The molecule has 0 spiro atoms. The van der Waals surface area contributed by atoms with Crippen molar-refractivity contribution in [2.45, 2.75) is 19.4 Å². The molecule has 1 heterocycles. The van der Waals surface area contributed by atoms with E-state index in [1.54, 1.807) is 0 Å². The summed E-state index contributed by atoms with van der Waals surface area (Å²) in [4.78, 5) is 11.3. The van der Waals surface area contributed by atoms with Crippen molar-refractivity contribution in [1.29, 1.82) is 0 Å². The molecule has 1 aliphatic heterocycles. The standard InChI is InChI=1S/C11H12F2N2O/c1-6-8(3-2-7(12)10(6)13)15-9-4-5-14-11(9)16/h2-3,9,15H,4-5H2,1H3,(H,14,16). The fourth-order valence-corrected chi connectivity index (χ4v) is 1.73. The number of hydrogen-bond acceptors (Lipinski definition) is 2. The van der Waals surface area contributed by atoms with Crippen LogP contribution in [0.15, 0.2) is 12.1 Å². The largest absolute Gasteiger partial charge is 0.373 e. The molecule has 0 radical (unpaired) electrons. The van der Waals surface area contributed by atoms with Gasteiger partial charge in [-0.25, -0.2) is 8.78 Å². The predicted octanol–water partition coefficient (Wildman–Crippen LogP) is 1.57. The van der Waals surface area contributed by atoms with Gasteiger partial charge in [-0.2, -0.15) is 0 Å². The van der Waals surface area contributed by atoms with Gasteiger partial charge in [0.05, 0.1) is 0 Å². The third kappa shape index (κ3) is 1.85. The molecule has 2 N–H and O–H groups in total. The Hall–Kier alpha value is -1.65. The van der Waals surface area contributed by atoms with Gasteiger partial charge in [0.1, 0.15) is 6.04 Å². The van der Waals surface area contributed by atoms with Crippen molar-refractivity contribution in [3.8, 4) is 0 Å². The van der Waals surface area contributed by atoms with E-state index in [1.165, 1.54) is 13.0 Å². The second kappa shape index (κ2) is 4.08. The number of benzene rings is 1. The molecular formula is C11H12F2N2O. The number of amides is 1. The number of carbonyl (C=O) groups excluding carboxylic acids is 1. The van der Waals surface area contributed by atoms with Crippen molar-refractivity contribution in [1.82, 2.24) is 5.32 Å². The highest BCUT2D eigenvalue weighted by Gasteiger charge is 2.24. The molecule has 0 saturated carbocycles. The summed E-state index contributed by atoms with van der Waals surface area (Å²) >= 11 is 0. The molecule has 5 heteroatoms. The van der Waals surface area contributed by atoms with E-state index in [0.29, 0.717) is 18.7 Å². The fourth-order valence-electron chi connectivity index (χ4n) is 1.73. The second-order valence-electron chi connectivity index (χ2n) is 3.81. The molecule has 0 aromatic heterocycles. The summed E-state index contributed by atoms with van der Waals surface area (Å²) in [5.74, 6) is -1.86. The summed E-state index contributed by atoms with van der Waals surface area (Å²) in [6.45, 7) is 2.09. The Morgan fingerprint density at radius 3 is 2.81 bits per heavy atom. The van der Waals surface area contributed by atoms with Crippen LogP contribution in [0, 0.1) is 18.6 Å². The Labute approximate surface area is 91.8 Å². The number of hydrogen-bond donors (Lipinski definition) is 2. The van der Waals surface area contributed by atoms with Crippen LogP contribution in [0.1, 0.15) is 12.0 Å². The molecule has 1 amide bonds. The van der Waals surface area contributed by atoms with Crippen LogP contribution in [0.3, 0.4) is 0 Å². The van der Waals surface area contributed by atoms with E-state index < -0.39 is 11.6 Å². The summed E-state index contributed by atoms with van der Waals surface area (Å²) < 4.78 is 26.1. The van der Waals surface area contributed by atoms with Gasteiger partial charge in [-0.15, -0.1) is 0 Å². The first-order valence-electron chi connectivity index (χ1n) is 5.08. The summed E-state index contributed by atoms with van der Waals surface area (Å²) in [5.41, 5.74) is 0.653. The molecule has 0 aliphatic carbocycles. The highest BCUT2D eigenvalue weighted by atomic mass is 19.2. The zero-order valence-electron chi connectivity index (χ0n) is 8.81. The SMILES string of the molecule is Cc1c(NC2CCNC2=O)ccc(F)c1F. The van der Waals surface area contributed by atoms with Crippen LogP contribution < -0.4 is 10.6 Å². The quantitative estimate of drug-likeness (QED) is 0.803. The van der Waals surface area contributed by atoms with Crippen LogP contribution in [0.5, 0.6) is 0 Å². The Morgan fingerprint density at radius 2 is 2.19 bits per heavy atom. The van der Waals surface area contributed by atoms with Crippen LogP contribution in [-0.2, 0) is 4.79 Å². The van der Waals surface area contributed by atoms with E-state index in [1.807, 2.05) is 0 Å². The van der Waals surface area contributed by atoms with Gasteiger partial charge in [0.25, 0.3) is 0 Å². The van der Waals surface area contributed by atoms with Gasteiger partial charge in [0, 0.05) is 17.8 Å². The molecule has 2 rings (SSSR count). The molecule has 1 saturated heterocycles. The van der Waals surface area contributed by atoms with E-state index in [4.69, 9.17) is 0 Å². The first-order chi connectivity index (χ1) is 7.59. The molecule has 1 atom stereocenters. The van der Waals surface area contributed by atoms with E-state index in [-0.39, 0.29) is 17.5 Å².